The Hall–Kier alpha value is -3.32. The molecule has 0 bridgehead atoms. The highest BCUT2D eigenvalue weighted by Gasteiger charge is 2.38. The molecule has 2 atom stereocenters. The molecule has 0 spiro atoms. The molecule has 1 aliphatic heterocycles. The van der Waals surface area contributed by atoms with Gasteiger partial charge in [-0.2, -0.15) is 13.2 Å². The number of amides is 1. The van der Waals surface area contributed by atoms with Gasteiger partial charge in [-0.15, -0.1) is 0 Å². The van der Waals surface area contributed by atoms with Crippen LogP contribution in [-0.4, -0.2) is 49.0 Å². The van der Waals surface area contributed by atoms with Crippen LogP contribution in [0.4, 0.5) is 13.2 Å². The zero-order valence-corrected chi connectivity index (χ0v) is 23.0. The smallest absolute Gasteiger partial charge is 0.416 e. The second-order valence-corrected chi connectivity index (χ2v) is 11.0. The van der Waals surface area contributed by atoms with Crippen molar-refractivity contribution >= 4 is 5.91 Å². The number of halogens is 3. The number of carbonyl (C=O) groups is 1. The predicted molar refractivity (Wildman–Crippen MR) is 148 cm³/mol. The van der Waals surface area contributed by atoms with Crippen LogP contribution in [0.2, 0.25) is 0 Å². The molecule has 2 unspecified atom stereocenters. The van der Waals surface area contributed by atoms with E-state index in [-0.39, 0.29) is 23.7 Å². The van der Waals surface area contributed by atoms with Crippen LogP contribution in [-0.2, 0) is 12.7 Å². The Bertz CT molecular complexity index is 1260. The third kappa shape index (κ3) is 7.41. The zero-order valence-electron chi connectivity index (χ0n) is 23.0. The lowest BCUT2D eigenvalue weighted by atomic mass is 9.87. The molecule has 0 saturated carbocycles. The van der Waals surface area contributed by atoms with E-state index >= 15 is 0 Å². The molecule has 208 valence electrons. The molecule has 3 aromatic rings. The summed E-state index contributed by atoms with van der Waals surface area (Å²) >= 11 is 0. The van der Waals surface area contributed by atoms with Crippen LogP contribution in [0.15, 0.2) is 72.8 Å². The molecule has 1 fully saturated rings. The van der Waals surface area contributed by atoms with E-state index in [2.05, 4.69) is 18.7 Å². The Balaban J connectivity index is 1.63. The lowest BCUT2D eigenvalue weighted by Gasteiger charge is -2.30. The van der Waals surface area contributed by atoms with E-state index in [9.17, 15) is 18.0 Å². The summed E-state index contributed by atoms with van der Waals surface area (Å²) in [6.45, 7) is 9.11. The Labute approximate surface area is 229 Å². The first-order valence-corrected chi connectivity index (χ1v) is 13.4. The summed E-state index contributed by atoms with van der Waals surface area (Å²) in [5.41, 5.74) is 2.81. The molecule has 4 rings (SSSR count). The predicted octanol–water partition coefficient (Wildman–Crippen LogP) is 7.04. The second-order valence-electron chi connectivity index (χ2n) is 11.0. The van der Waals surface area contributed by atoms with Gasteiger partial charge in [0, 0.05) is 44.2 Å². The topological polar surface area (TPSA) is 32.8 Å². The zero-order chi connectivity index (χ0) is 28.2. The molecule has 39 heavy (non-hydrogen) atoms. The van der Waals surface area contributed by atoms with Crippen molar-refractivity contribution in [2.75, 3.05) is 33.3 Å². The number of benzene rings is 3. The van der Waals surface area contributed by atoms with Crippen molar-refractivity contribution in [3.05, 3.63) is 101 Å². The summed E-state index contributed by atoms with van der Waals surface area (Å²) in [5.74, 6) is 0.813. The third-order valence-electron chi connectivity index (χ3n) is 7.33. The number of rotatable bonds is 9. The standard InChI is InChI=1S/C32H37F3N2O2/c1-22(2)17-37(31(38)25-13-11-23(3)12-14-25)20-27-19-36(18-24-7-5-10-29(15-24)39-4)21-30(27)26-8-6-9-28(16-26)32(33,34)35/h5-16,22,27,30H,17-21H2,1-4H3. The highest BCUT2D eigenvalue weighted by Crippen LogP contribution is 2.38. The maximum atomic E-state index is 13.6. The van der Waals surface area contributed by atoms with Crippen LogP contribution < -0.4 is 4.74 Å². The lowest BCUT2D eigenvalue weighted by Crippen LogP contribution is -2.39. The van der Waals surface area contributed by atoms with Crippen molar-refractivity contribution in [2.24, 2.45) is 11.8 Å². The Morgan fingerprint density at radius 3 is 2.41 bits per heavy atom. The molecule has 1 saturated heterocycles. The molecule has 7 heteroatoms. The lowest BCUT2D eigenvalue weighted by molar-refractivity contribution is -0.137. The molecule has 1 aliphatic rings. The number of nitrogens with zero attached hydrogens (tertiary/aromatic N) is 2. The van der Waals surface area contributed by atoms with Crippen LogP contribution in [0.25, 0.3) is 0 Å². The first kappa shape index (κ1) is 28.7. The van der Waals surface area contributed by atoms with Gasteiger partial charge in [0.1, 0.15) is 5.75 Å². The number of ether oxygens (including phenoxy) is 1. The van der Waals surface area contributed by atoms with Crippen molar-refractivity contribution in [2.45, 2.75) is 39.4 Å². The van der Waals surface area contributed by atoms with Crippen LogP contribution in [0.5, 0.6) is 5.75 Å². The van der Waals surface area contributed by atoms with Crippen LogP contribution in [0.3, 0.4) is 0 Å². The van der Waals surface area contributed by atoms with Crippen molar-refractivity contribution in [3.63, 3.8) is 0 Å². The van der Waals surface area contributed by atoms with E-state index < -0.39 is 11.7 Å². The average Bonchev–Trinajstić information content (AvgIpc) is 3.29. The molecule has 1 amide bonds. The molecular weight excluding hydrogens is 501 g/mol. The van der Waals surface area contributed by atoms with E-state index in [1.807, 2.05) is 60.4 Å². The van der Waals surface area contributed by atoms with Crippen LogP contribution >= 0.6 is 0 Å². The highest BCUT2D eigenvalue weighted by molar-refractivity contribution is 5.94. The van der Waals surface area contributed by atoms with Gasteiger partial charge in [-0.25, -0.2) is 0 Å². The quantitative estimate of drug-likeness (QED) is 0.293. The monoisotopic (exact) mass is 538 g/mol. The molecular formula is C32H37F3N2O2. The average molecular weight is 539 g/mol. The van der Waals surface area contributed by atoms with Crippen molar-refractivity contribution < 1.29 is 22.7 Å². The highest BCUT2D eigenvalue weighted by atomic mass is 19.4. The first-order chi connectivity index (χ1) is 18.5. The minimum absolute atomic E-state index is 0.0211. The fourth-order valence-electron chi connectivity index (χ4n) is 5.47. The number of hydrogen-bond donors (Lipinski definition) is 0. The molecule has 1 heterocycles. The summed E-state index contributed by atoms with van der Waals surface area (Å²) in [7, 11) is 1.63. The van der Waals surface area contributed by atoms with Gasteiger partial charge in [-0.05, 0) is 60.2 Å². The Morgan fingerprint density at radius 1 is 1.03 bits per heavy atom. The normalized spacial score (nSPS) is 17.9. The van der Waals surface area contributed by atoms with E-state index in [0.29, 0.717) is 43.9 Å². The number of carbonyl (C=O) groups excluding carboxylic acids is 1. The molecule has 4 nitrogen and oxygen atoms in total. The molecule has 0 aromatic heterocycles. The minimum Gasteiger partial charge on any atom is -0.497 e. The number of likely N-dealkylation sites (tertiary alicyclic amines) is 1. The first-order valence-electron chi connectivity index (χ1n) is 13.4. The third-order valence-corrected chi connectivity index (χ3v) is 7.33. The van der Waals surface area contributed by atoms with Crippen LogP contribution in [0.1, 0.15) is 52.4 Å². The Morgan fingerprint density at radius 2 is 1.74 bits per heavy atom. The summed E-state index contributed by atoms with van der Waals surface area (Å²) in [4.78, 5) is 17.8. The van der Waals surface area contributed by atoms with E-state index in [0.717, 1.165) is 22.9 Å². The number of aryl methyl sites for hydroxylation is 1. The van der Waals surface area contributed by atoms with Gasteiger partial charge in [-0.1, -0.05) is 61.9 Å². The minimum atomic E-state index is -4.41. The molecule has 0 N–H and O–H groups in total. The maximum absolute atomic E-state index is 13.6. The molecule has 0 aliphatic carbocycles. The van der Waals surface area contributed by atoms with Crippen molar-refractivity contribution in [3.8, 4) is 5.75 Å². The van der Waals surface area contributed by atoms with Gasteiger partial charge in [0.05, 0.1) is 12.7 Å². The summed E-state index contributed by atoms with van der Waals surface area (Å²) in [6, 6.07) is 21.1. The second kappa shape index (κ2) is 12.2. The largest absolute Gasteiger partial charge is 0.497 e. The van der Waals surface area contributed by atoms with E-state index in [1.165, 1.54) is 12.1 Å². The van der Waals surface area contributed by atoms with Gasteiger partial charge < -0.3 is 9.64 Å². The Kier molecular flexibility index (Phi) is 9.01. The van der Waals surface area contributed by atoms with Gasteiger partial charge in [0.25, 0.3) is 5.91 Å². The number of alkyl halides is 3. The van der Waals surface area contributed by atoms with Crippen LogP contribution in [0, 0.1) is 18.8 Å². The van der Waals surface area contributed by atoms with E-state index in [4.69, 9.17) is 4.74 Å². The van der Waals surface area contributed by atoms with Gasteiger partial charge in [0.15, 0.2) is 0 Å². The summed E-state index contributed by atoms with van der Waals surface area (Å²) in [6.07, 6.45) is -4.41. The fraction of sp³-hybridized carbons (Fsp3) is 0.406. The SMILES string of the molecule is COc1cccc(CN2CC(CN(CC(C)C)C(=O)c3ccc(C)cc3)C(c3cccc(C(F)(F)F)c3)C2)c1. The molecule has 0 radical (unpaired) electrons. The molecule has 3 aromatic carbocycles. The number of methoxy groups -OCH3 is 1. The maximum Gasteiger partial charge on any atom is 0.416 e. The van der Waals surface area contributed by atoms with Crippen molar-refractivity contribution in [1.29, 1.82) is 0 Å². The summed E-state index contributed by atoms with van der Waals surface area (Å²) in [5, 5.41) is 0. The van der Waals surface area contributed by atoms with E-state index in [1.54, 1.807) is 13.2 Å². The fourth-order valence-corrected chi connectivity index (χ4v) is 5.47. The summed E-state index contributed by atoms with van der Waals surface area (Å²) < 4.78 is 46.1. The van der Waals surface area contributed by atoms with Gasteiger partial charge in [0.2, 0.25) is 0 Å². The number of hydrogen-bond acceptors (Lipinski definition) is 3. The van der Waals surface area contributed by atoms with Gasteiger partial charge in [-0.3, -0.25) is 9.69 Å². The van der Waals surface area contributed by atoms with Crippen molar-refractivity contribution in [1.82, 2.24) is 9.80 Å². The van der Waals surface area contributed by atoms with Gasteiger partial charge >= 0.3 is 6.18 Å².